The first-order chi connectivity index (χ1) is 15.5. The van der Waals surface area contributed by atoms with Gasteiger partial charge in [0, 0.05) is 25.6 Å². The lowest BCUT2D eigenvalue weighted by Gasteiger charge is -2.33. The molecule has 3 aliphatic heterocycles. The summed E-state index contributed by atoms with van der Waals surface area (Å²) < 4.78 is 34.2. The zero-order valence-corrected chi connectivity index (χ0v) is 18.1. The molecule has 5 rings (SSSR count). The number of fused-ring (bicyclic) bond motifs is 2. The molecule has 32 heavy (non-hydrogen) atoms. The first-order valence-electron chi connectivity index (χ1n) is 11.2. The highest BCUT2D eigenvalue weighted by Gasteiger charge is 2.47. The zero-order valence-electron chi connectivity index (χ0n) is 18.1. The van der Waals surface area contributed by atoms with Crippen LogP contribution in [0.1, 0.15) is 31.7 Å². The molecule has 0 aromatic heterocycles. The van der Waals surface area contributed by atoms with Gasteiger partial charge >= 0.3 is 0 Å². The van der Waals surface area contributed by atoms with Crippen LogP contribution in [0.25, 0.3) is 0 Å². The molecule has 0 aliphatic carbocycles. The second kappa shape index (κ2) is 8.37. The molecule has 2 aromatic carbocycles. The Kier molecular flexibility index (Phi) is 5.55. The van der Waals surface area contributed by atoms with E-state index in [2.05, 4.69) is 10.0 Å². The van der Waals surface area contributed by atoms with E-state index in [4.69, 9.17) is 4.74 Å². The number of halogens is 2. The number of rotatable bonds is 7. The van der Waals surface area contributed by atoms with E-state index in [1.165, 1.54) is 11.9 Å². The third-order valence-corrected chi connectivity index (χ3v) is 7.00. The summed E-state index contributed by atoms with van der Waals surface area (Å²) in [5, 5.41) is 5.99. The Hall–Kier alpha value is -2.64. The molecular formula is C25H27F2N3O2. The highest BCUT2D eigenvalue weighted by atomic mass is 19.1. The third kappa shape index (κ3) is 3.73. The summed E-state index contributed by atoms with van der Waals surface area (Å²) in [5.74, 6) is -1.25. The third-order valence-electron chi connectivity index (χ3n) is 7.00. The summed E-state index contributed by atoms with van der Waals surface area (Å²) in [6.07, 6.45) is 2.99. The fraction of sp³-hybridized carbons (Fsp3) is 0.440. The van der Waals surface area contributed by atoms with Gasteiger partial charge in [-0.1, -0.05) is 30.3 Å². The zero-order chi connectivity index (χ0) is 22.3. The number of likely N-dealkylation sites (tertiary alicyclic amines) is 1. The Balaban J connectivity index is 1.45. The molecule has 168 valence electrons. The summed E-state index contributed by atoms with van der Waals surface area (Å²) in [4.78, 5) is 15.2. The lowest BCUT2D eigenvalue weighted by molar-refractivity contribution is -0.111. The predicted octanol–water partition coefficient (Wildman–Crippen LogP) is 3.92. The second-order valence-corrected chi connectivity index (χ2v) is 9.05. The molecule has 0 spiro atoms. The normalized spacial score (nSPS) is 27.2. The number of anilines is 1. The predicted molar refractivity (Wildman–Crippen MR) is 119 cm³/mol. The summed E-state index contributed by atoms with van der Waals surface area (Å²) in [6.45, 7) is 4.46. The molecule has 2 fully saturated rings. The number of ether oxygens (including phenoxy) is 1. The van der Waals surface area contributed by atoms with Crippen molar-refractivity contribution in [2.24, 2.45) is 5.10 Å². The molecule has 7 heteroatoms. The van der Waals surface area contributed by atoms with Crippen molar-refractivity contribution in [3.05, 3.63) is 65.7 Å². The van der Waals surface area contributed by atoms with Crippen LogP contribution in [0.5, 0.6) is 0 Å². The van der Waals surface area contributed by atoms with Crippen LogP contribution in [-0.2, 0) is 14.9 Å². The number of hydrazone groups is 1. The Morgan fingerprint density at radius 3 is 2.72 bits per heavy atom. The van der Waals surface area contributed by atoms with Gasteiger partial charge in [-0.3, -0.25) is 14.7 Å². The fourth-order valence-electron chi connectivity index (χ4n) is 5.48. The minimum Gasteiger partial charge on any atom is -0.375 e. The van der Waals surface area contributed by atoms with E-state index in [0.717, 1.165) is 56.3 Å². The van der Waals surface area contributed by atoms with Gasteiger partial charge in [0.05, 0.1) is 30.4 Å². The van der Waals surface area contributed by atoms with Crippen molar-refractivity contribution in [2.45, 2.75) is 43.7 Å². The van der Waals surface area contributed by atoms with E-state index < -0.39 is 17.0 Å². The van der Waals surface area contributed by atoms with Crippen LogP contribution in [0, 0.1) is 11.6 Å². The van der Waals surface area contributed by atoms with Gasteiger partial charge < -0.3 is 4.74 Å². The van der Waals surface area contributed by atoms with Crippen molar-refractivity contribution in [3.8, 4) is 0 Å². The van der Waals surface area contributed by atoms with Crippen molar-refractivity contribution in [1.82, 2.24) is 4.90 Å². The highest BCUT2D eigenvalue weighted by molar-refractivity contribution is 6.43. The number of hydrogen-bond acceptors (Lipinski definition) is 5. The minimum absolute atomic E-state index is 0.0514. The van der Waals surface area contributed by atoms with Crippen LogP contribution in [0.4, 0.5) is 14.5 Å². The summed E-state index contributed by atoms with van der Waals surface area (Å²) >= 11 is 0. The Morgan fingerprint density at radius 1 is 1.22 bits per heavy atom. The smallest absolute Gasteiger partial charge is 0.176 e. The van der Waals surface area contributed by atoms with Crippen molar-refractivity contribution < 1.29 is 18.3 Å². The quantitative estimate of drug-likeness (QED) is 0.656. The first kappa shape index (κ1) is 21.2. The number of carbonyl (C=O) groups is 1. The van der Waals surface area contributed by atoms with Crippen LogP contribution < -0.4 is 5.01 Å². The average molecular weight is 440 g/mol. The van der Waals surface area contributed by atoms with Crippen molar-refractivity contribution in [1.29, 1.82) is 0 Å². The van der Waals surface area contributed by atoms with Gasteiger partial charge in [0.2, 0.25) is 0 Å². The van der Waals surface area contributed by atoms with Gasteiger partial charge in [0.1, 0.15) is 17.3 Å². The van der Waals surface area contributed by atoms with Crippen LogP contribution in [-0.4, -0.2) is 54.8 Å². The van der Waals surface area contributed by atoms with Gasteiger partial charge in [-0.25, -0.2) is 8.78 Å². The maximum Gasteiger partial charge on any atom is 0.176 e. The number of carbonyl (C=O) groups excluding carboxylic acids is 1. The lowest BCUT2D eigenvalue weighted by atomic mass is 9.72. The maximum atomic E-state index is 14.6. The first-order valence-corrected chi connectivity index (χ1v) is 11.2. The largest absolute Gasteiger partial charge is 0.375 e. The summed E-state index contributed by atoms with van der Waals surface area (Å²) in [5.41, 5.74) is 0.745. The van der Waals surface area contributed by atoms with Crippen molar-refractivity contribution in [2.75, 3.05) is 31.3 Å². The molecule has 0 radical (unpaired) electrons. The molecule has 2 saturated heterocycles. The number of hydrogen-bond donors (Lipinski definition) is 0. The molecular weight excluding hydrogens is 412 g/mol. The highest BCUT2D eigenvalue weighted by Crippen LogP contribution is 2.40. The molecule has 1 unspecified atom stereocenters. The van der Waals surface area contributed by atoms with E-state index in [-0.39, 0.29) is 11.5 Å². The number of nitrogens with zero attached hydrogens (tertiary/aromatic N) is 3. The molecule has 0 amide bonds. The van der Waals surface area contributed by atoms with E-state index in [1.54, 1.807) is 0 Å². The molecule has 2 aromatic rings. The number of Topliss-reactive ketones (excluding diaryl/α,β-unsaturated/α-hetero) is 1. The standard InChI is InChI=1S/C25H27F2N3O2/c1-17(31)24-25(18-6-3-2-4-7-18,10-5-11-29-14-21-13-20(29)15-32-21)16-30(28-24)23-12-19(26)8-9-22(23)27/h2-4,6-9,12,20-21H,5,10-11,13-16H2,1H3/t20-,21-,25?/m0/s1. The molecule has 2 bridgehead atoms. The topological polar surface area (TPSA) is 45.1 Å². The molecule has 0 saturated carbocycles. The van der Waals surface area contributed by atoms with E-state index in [9.17, 15) is 13.6 Å². The summed E-state index contributed by atoms with van der Waals surface area (Å²) in [6, 6.07) is 13.6. The van der Waals surface area contributed by atoms with Gasteiger partial charge in [0.15, 0.2) is 5.78 Å². The average Bonchev–Trinajstić information content (AvgIpc) is 3.51. The van der Waals surface area contributed by atoms with E-state index in [0.29, 0.717) is 30.8 Å². The van der Waals surface area contributed by atoms with Crippen LogP contribution in [0.2, 0.25) is 0 Å². The number of benzene rings is 2. The summed E-state index contributed by atoms with van der Waals surface area (Å²) in [7, 11) is 0. The molecule has 3 heterocycles. The Labute approximate surface area is 186 Å². The monoisotopic (exact) mass is 439 g/mol. The molecule has 0 N–H and O–H groups in total. The van der Waals surface area contributed by atoms with E-state index in [1.807, 2.05) is 30.3 Å². The van der Waals surface area contributed by atoms with Gasteiger partial charge in [-0.15, -0.1) is 0 Å². The van der Waals surface area contributed by atoms with E-state index >= 15 is 0 Å². The van der Waals surface area contributed by atoms with Gasteiger partial charge in [0.25, 0.3) is 0 Å². The van der Waals surface area contributed by atoms with Crippen LogP contribution in [0.15, 0.2) is 53.6 Å². The van der Waals surface area contributed by atoms with Gasteiger partial charge in [-0.2, -0.15) is 5.10 Å². The maximum absolute atomic E-state index is 14.6. The second-order valence-electron chi connectivity index (χ2n) is 9.05. The fourth-order valence-corrected chi connectivity index (χ4v) is 5.48. The number of ketones is 1. The Morgan fingerprint density at radius 2 is 2.03 bits per heavy atom. The molecule has 3 atom stereocenters. The Bertz CT molecular complexity index is 1040. The van der Waals surface area contributed by atoms with Crippen LogP contribution >= 0.6 is 0 Å². The lowest BCUT2D eigenvalue weighted by Crippen LogP contribution is -2.43. The molecule has 3 aliphatic rings. The molecule has 5 nitrogen and oxygen atoms in total. The van der Waals surface area contributed by atoms with Crippen molar-refractivity contribution in [3.63, 3.8) is 0 Å². The van der Waals surface area contributed by atoms with Crippen molar-refractivity contribution >= 4 is 17.2 Å². The van der Waals surface area contributed by atoms with Crippen LogP contribution in [0.3, 0.4) is 0 Å². The van der Waals surface area contributed by atoms with Gasteiger partial charge in [-0.05, 0) is 43.5 Å². The minimum atomic E-state index is -0.679. The number of morpholine rings is 1. The SMILES string of the molecule is CC(=O)C1=NN(c2cc(F)ccc2F)CC1(CCCN1C[C@@H]2C[C@H]1CO2)c1ccccc1.